The van der Waals surface area contributed by atoms with E-state index in [1.54, 1.807) is 14.2 Å². The van der Waals surface area contributed by atoms with Crippen LogP contribution >= 0.6 is 0 Å². The van der Waals surface area contributed by atoms with E-state index < -0.39 is 0 Å². The molecule has 0 fully saturated rings. The predicted octanol–water partition coefficient (Wildman–Crippen LogP) is 3.19. The number of rotatable bonds is 6. The van der Waals surface area contributed by atoms with E-state index in [1.807, 2.05) is 24.3 Å². The summed E-state index contributed by atoms with van der Waals surface area (Å²) in [7, 11) is 3.46. The Labute approximate surface area is 161 Å². The van der Waals surface area contributed by atoms with Crippen LogP contribution in [-0.2, 0) is 25.8 Å². The van der Waals surface area contributed by atoms with Gasteiger partial charge in [-0.25, -0.2) is 0 Å². The molecule has 3 N–H and O–H groups in total. The molecule has 0 saturated carbocycles. The van der Waals surface area contributed by atoms with Crippen LogP contribution in [0.5, 0.6) is 11.5 Å². The molecule has 0 heterocycles. The highest BCUT2D eigenvalue weighted by Crippen LogP contribution is 2.30. The number of aromatic hydroxyl groups is 1. The Kier molecular flexibility index (Phi) is 6.58. The molecule has 0 amide bonds. The van der Waals surface area contributed by atoms with E-state index in [4.69, 9.17) is 4.74 Å². The van der Waals surface area contributed by atoms with Crippen molar-refractivity contribution >= 4 is 5.96 Å². The summed E-state index contributed by atoms with van der Waals surface area (Å²) in [6, 6.07) is 11.9. The summed E-state index contributed by atoms with van der Waals surface area (Å²) in [6.45, 7) is 1.32. The molecule has 0 atom stereocenters. The molecule has 2 aromatic carbocycles. The molecule has 0 radical (unpaired) electrons. The number of nitrogens with one attached hydrogen (secondary N) is 2. The molecule has 0 aromatic heterocycles. The molecule has 2 aromatic rings. The van der Waals surface area contributed by atoms with Crippen LogP contribution in [0, 0.1) is 0 Å². The number of hydrogen-bond donors (Lipinski definition) is 3. The number of phenolic OH excluding ortho intramolecular Hbond substituents is 1. The van der Waals surface area contributed by atoms with Gasteiger partial charge in [-0.05, 0) is 60.9 Å². The second-order valence-corrected chi connectivity index (χ2v) is 6.82. The molecule has 5 heteroatoms. The van der Waals surface area contributed by atoms with E-state index in [1.165, 1.54) is 24.0 Å². The van der Waals surface area contributed by atoms with E-state index in [9.17, 15) is 5.11 Å². The Morgan fingerprint density at radius 2 is 1.93 bits per heavy atom. The second-order valence-electron chi connectivity index (χ2n) is 6.82. The van der Waals surface area contributed by atoms with Gasteiger partial charge in [0.15, 0.2) is 5.96 Å². The smallest absolute Gasteiger partial charge is 0.191 e. The number of nitrogens with zero attached hydrogens (tertiary/aromatic N) is 1. The van der Waals surface area contributed by atoms with Crippen LogP contribution in [0.15, 0.2) is 41.4 Å². The maximum atomic E-state index is 10.3. The third-order valence-electron chi connectivity index (χ3n) is 5.16. The molecule has 0 unspecified atom stereocenters. The zero-order valence-corrected chi connectivity index (χ0v) is 16.2. The summed E-state index contributed by atoms with van der Waals surface area (Å²) >= 11 is 0. The summed E-state index contributed by atoms with van der Waals surface area (Å²) in [5.74, 6) is 2.01. The molecule has 3 rings (SSSR count). The lowest BCUT2D eigenvalue weighted by Crippen LogP contribution is -2.38. The number of aliphatic imine (C=N–C) groups is 1. The third kappa shape index (κ3) is 4.73. The van der Waals surface area contributed by atoms with Crippen molar-refractivity contribution < 1.29 is 9.84 Å². The van der Waals surface area contributed by atoms with Crippen molar-refractivity contribution in [3.05, 3.63) is 58.7 Å². The highest BCUT2D eigenvalue weighted by molar-refractivity contribution is 5.79. The first kappa shape index (κ1) is 19.1. The van der Waals surface area contributed by atoms with E-state index in [0.717, 1.165) is 48.6 Å². The minimum Gasteiger partial charge on any atom is -0.508 e. The number of ether oxygens (including phenoxy) is 1. The minimum absolute atomic E-state index is 0.368. The second kappa shape index (κ2) is 9.31. The lowest BCUT2D eigenvalue weighted by atomic mass is 9.88. The molecule has 144 valence electrons. The lowest BCUT2D eigenvalue weighted by Gasteiger charge is -2.21. The first-order valence-electron chi connectivity index (χ1n) is 9.62. The fraction of sp³-hybridized carbons (Fsp3) is 0.409. The third-order valence-corrected chi connectivity index (χ3v) is 5.16. The summed E-state index contributed by atoms with van der Waals surface area (Å²) in [5, 5.41) is 17.0. The summed E-state index contributed by atoms with van der Waals surface area (Å²) in [4.78, 5) is 4.30. The van der Waals surface area contributed by atoms with Crippen LogP contribution in [0.4, 0.5) is 0 Å². The monoisotopic (exact) mass is 367 g/mol. The van der Waals surface area contributed by atoms with Gasteiger partial charge in [-0.15, -0.1) is 0 Å². The van der Waals surface area contributed by atoms with Crippen LogP contribution < -0.4 is 15.4 Å². The number of fused-ring (bicyclic) bond motifs is 1. The van der Waals surface area contributed by atoms with Crippen molar-refractivity contribution in [2.45, 2.75) is 38.6 Å². The van der Waals surface area contributed by atoms with Crippen molar-refractivity contribution in [1.29, 1.82) is 0 Å². The van der Waals surface area contributed by atoms with Crippen LogP contribution in [0.2, 0.25) is 0 Å². The van der Waals surface area contributed by atoms with Crippen molar-refractivity contribution in [2.24, 2.45) is 4.99 Å². The van der Waals surface area contributed by atoms with Gasteiger partial charge in [-0.3, -0.25) is 4.99 Å². The van der Waals surface area contributed by atoms with E-state index >= 15 is 0 Å². The van der Waals surface area contributed by atoms with Crippen LogP contribution in [-0.4, -0.2) is 31.8 Å². The Morgan fingerprint density at radius 3 is 2.74 bits per heavy atom. The number of phenols is 1. The largest absolute Gasteiger partial charge is 0.508 e. The number of para-hydroxylation sites is 1. The fourth-order valence-electron chi connectivity index (χ4n) is 3.71. The van der Waals surface area contributed by atoms with Crippen LogP contribution in [0.1, 0.15) is 35.1 Å². The predicted molar refractivity (Wildman–Crippen MR) is 110 cm³/mol. The molecular formula is C22H29N3O2. The van der Waals surface area contributed by atoms with Crippen molar-refractivity contribution in [3.63, 3.8) is 0 Å². The van der Waals surface area contributed by atoms with Gasteiger partial charge in [-0.2, -0.15) is 0 Å². The standard InChI is InChI=1S/C22H29N3O2/c1-23-22(24-14-13-17-8-4-6-10-21(17)27-2)25-15-19-18-9-5-3-7-16(18)11-12-20(19)26/h4,6,8,10-12,26H,3,5,7,9,13-15H2,1-2H3,(H2,23,24,25). The maximum absolute atomic E-state index is 10.3. The highest BCUT2D eigenvalue weighted by Gasteiger charge is 2.16. The zero-order valence-electron chi connectivity index (χ0n) is 16.2. The minimum atomic E-state index is 0.368. The molecule has 27 heavy (non-hydrogen) atoms. The Hall–Kier alpha value is -2.69. The molecule has 0 bridgehead atoms. The Morgan fingerprint density at radius 1 is 1.11 bits per heavy atom. The highest BCUT2D eigenvalue weighted by atomic mass is 16.5. The SMILES string of the molecule is CN=C(NCCc1ccccc1OC)NCc1c(O)ccc2c1CCCC2. The van der Waals surface area contributed by atoms with Gasteiger partial charge < -0.3 is 20.5 Å². The summed E-state index contributed by atoms with van der Waals surface area (Å²) < 4.78 is 5.40. The van der Waals surface area contributed by atoms with Gasteiger partial charge in [0.2, 0.25) is 0 Å². The summed E-state index contributed by atoms with van der Waals surface area (Å²) in [5.41, 5.74) is 4.84. The first-order chi connectivity index (χ1) is 13.2. The van der Waals surface area contributed by atoms with Gasteiger partial charge in [-0.1, -0.05) is 24.3 Å². The number of benzene rings is 2. The first-order valence-corrected chi connectivity index (χ1v) is 9.62. The molecule has 5 nitrogen and oxygen atoms in total. The zero-order chi connectivity index (χ0) is 19.1. The van der Waals surface area contributed by atoms with Crippen molar-refractivity contribution in [3.8, 4) is 11.5 Å². The van der Waals surface area contributed by atoms with Crippen LogP contribution in [0.3, 0.4) is 0 Å². The number of aryl methyl sites for hydroxylation is 1. The molecule has 1 aliphatic carbocycles. The van der Waals surface area contributed by atoms with Crippen molar-refractivity contribution in [2.75, 3.05) is 20.7 Å². The normalized spacial score (nSPS) is 13.8. The Bertz CT molecular complexity index is 802. The van der Waals surface area contributed by atoms with Crippen molar-refractivity contribution in [1.82, 2.24) is 10.6 Å². The van der Waals surface area contributed by atoms with E-state index in [0.29, 0.717) is 12.3 Å². The van der Waals surface area contributed by atoms with E-state index in [-0.39, 0.29) is 0 Å². The van der Waals surface area contributed by atoms with Gasteiger partial charge in [0.05, 0.1) is 7.11 Å². The number of guanidine groups is 1. The lowest BCUT2D eigenvalue weighted by molar-refractivity contribution is 0.409. The molecule has 0 saturated heterocycles. The van der Waals surface area contributed by atoms with Gasteiger partial charge in [0.25, 0.3) is 0 Å². The summed E-state index contributed by atoms with van der Waals surface area (Å²) in [6.07, 6.45) is 5.41. The van der Waals surface area contributed by atoms with Gasteiger partial charge in [0.1, 0.15) is 11.5 Å². The molecule has 0 spiro atoms. The molecule has 1 aliphatic rings. The molecule has 0 aliphatic heterocycles. The van der Waals surface area contributed by atoms with Gasteiger partial charge in [0, 0.05) is 25.7 Å². The average Bonchev–Trinajstić information content (AvgIpc) is 2.72. The fourth-order valence-corrected chi connectivity index (χ4v) is 3.71. The van der Waals surface area contributed by atoms with Gasteiger partial charge >= 0.3 is 0 Å². The Balaban J connectivity index is 1.57. The quantitative estimate of drug-likeness (QED) is 0.542. The number of hydrogen-bond acceptors (Lipinski definition) is 3. The van der Waals surface area contributed by atoms with E-state index in [2.05, 4.69) is 27.8 Å². The number of methoxy groups -OCH3 is 1. The maximum Gasteiger partial charge on any atom is 0.191 e. The topological polar surface area (TPSA) is 65.9 Å². The average molecular weight is 367 g/mol. The van der Waals surface area contributed by atoms with Crippen LogP contribution in [0.25, 0.3) is 0 Å². The molecular weight excluding hydrogens is 338 g/mol.